The van der Waals surface area contributed by atoms with Crippen molar-refractivity contribution in [2.45, 2.75) is 65.3 Å². The van der Waals surface area contributed by atoms with E-state index in [-0.39, 0.29) is 11.8 Å². The second-order valence-corrected chi connectivity index (χ2v) is 9.12. The molecule has 0 saturated carbocycles. The summed E-state index contributed by atoms with van der Waals surface area (Å²) in [5, 5.41) is 4.44. The average Bonchev–Trinajstić information content (AvgIpc) is 2.59. The Labute approximate surface area is 122 Å². The average molecular weight is 301 g/mol. The third-order valence-electron chi connectivity index (χ3n) is 3.75. The Morgan fingerprint density at radius 1 is 1.30 bits per heavy atom. The van der Waals surface area contributed by atoms with Gasteiger partial charge in [0.25, 0.3) is 0 Å². The molecule has 2 N–H and O–H groups in total. The Bertz CT molecular complexity index is 568. The van der Waals surface area contributed by atoms with Crippen LogP contribution in [0.15, 0.2) is 0 Å². The second kappa shape index (κ2) is 5.85. The number of aryl methyl sites for hydroxylation is 2. The van der Waals surface area contributed by atoms with Crippen molar-refractivity contribution in [1.29, 1.82) is 0 Å². The summed E-state index contributed by atoms with van der Waals surface area (Å²) in [6, 6.07) is -0.0389. The Morgan fingerprint density at radius 2 is 1.85 bits per heavy atom. The van der Waals surface area contributed by atoms with Gasteiger partial charge in [-0.2, -0.15) is 5.10 Å². The molecule has 1 aromatic rings. The van der Waals surface area contributed by atoms with Crippen molar-refractivity contribution in [2.75, 3.05) is 5.75 Å². The highest BCUT2D eigenvalue weighted by Gasteiger charge is 2.29. The van der Waals surface area contributed by atoms with Crippen LogP contribution in [0.2, 0.25) is 0 Å². The molecule has 0 aliphatic heterocycles. The number of nitrogens with zero attached hydrogens (tertiary/aromatic N) is 2. The maximum Gasteiger partial charge on any atom is 0.157 e. The van der Waals surface area contributed by atoms with E-state index in [1.807, 2.05) is 20.8 Å². The predicted molar refractivity (Wildman–Crippen MR) is 82.5 cm³/mol. The lowest BCUT2D eigenvalue weighted by Crippen LogP contribution is -2.32. The van der Waals surface area contributed by atoms with Crippen LogP contribution in [0.3, 0.4) is 0 Å². The molecule has 1 heterocycles. The van der Waals surface area contributed by atoms with Crippen LogP contribution in [-0.4, -0.2) is 28.7 Å². The molecular weight excluding hydrogens is 274 g/mol. The van der Waals surface area contributed by atoms with Crippen molar-refractivity contribution in [3.63, 3.8) is 0 Å². The quantitative estimate of drug-likeness (QED) is 0.903. The maximum absolute atomic E-state index is 12.2. The van der Waals surface area contributed by atoms with Crippen molar-refractivity contribution in [1.82, 2.24) is 9.78 Å². The van der Waals surface area contributed by atoms with E-state index in [0.717, 1.165) is 23.4 Å². The van der Waals surface area contributed by atoms with E-state index in [1.165, 1.54) is 0 Å². The first-order chi connectivity index (χ1) is 9.01. The molecule has 0 aromatic carbocycles. The van der Waals surface area contributed by atoms with Gasteiger partial charge in [0, 0.05) is 17.3 Å². The number of hydrogen-bond acceptors (Lipinski definition) is 4. The Balaban J connectivity index is 2.97. The highest BCUT2D eigenvalue weighted by atomic mass is 32.2. The molecule has 0 aliphatic carbocycles. The van der Waals surface area contributed by atoms with Crippen LogP contribution in [0, 0.1) is 13.8 Å². The monoisotopic (exact) mass is 301 g/mol. The summed E-state index contributed by atoms with van der Waals surface area (Å²) in [4.78, 5) is 0. The minimum Gasteiger partial charge on any atom is -0.324 e. The standard InChI is InChI=1S/C14H27N3O2S/c1-7-12(15)13-10(2)16-17(11(13)3)8-9-20(18,19)14(4,5)6/h12H,7-9,15H2,1-6H3. The lowest BCUT2D eigenvalue weighted by molar-refractivity contribution is 0.545. The predicted octanol–water partition coefficient (Wildman–Crippen LogP) is 2.12. The molecule has 0 amide bonds. The lowest BCUT2D eigenvalue weighted by atomic mass is 10.0. The highest BCUT2D eigenvalue weighted by Crippen LogP contribution is 2.23. The Hall–Kier alpha value is -0.880. The van der Waals surface area contributed by atoms with E-state index < -0.39 is 14.6 Å². The molecule has 0 saturated heterocycles. The van der Waals surface area contributed by atoms with Gasteiger partial charge in [-0.1, -0.05) is 6.92 Å². The summed E-state index contributed by atoms with van der Waals surface area (Å²) in [6.45, 7) is 11.5. The number of aromatic nitrogens is 2. The summed E-state index contributed by atoms with van der Waals surface area (Å²) in [5.41, 5.74) is 9.00. The zero-order valence-electron chi connectivity index (χ0n) is 13.4. The van der Waals surface area contributed by atoms with Crippen molar-refractivity contribution in [3.05, 3.63) is 17.0 Å². The molecule has 1 atom stereocenters. The van der Waals surface area contributed by atoms with Gasteiger partial charge in [0.15, 0.2) is 9.84 Å². The zero-order chi connectivity index (χ0) is 15.7. The second-order valence-electron chi connectivity index (χ2n) is 6.25. The lowest BCUT2D eigenvalue weighted by Gasteiger charge is -2.19. The molecule has 20 heavy (non-hydrogen) atoms. The van der Waals surface area contributed by atoms with E-state index in [0.29, 0.717) is 6.54 Å². The van der Waals surface area contributed by atoms with Crippen molar-refractivity contribution < 1.29 is 8.42 Å². The van der Waals surface area contributed by atoms with Gasteiger partial charge >= 0.3 is 0 Å². The zero-order valence-corrected chi connectivity index (χ0v) is 14.2. The fourth-order valence-corrected chi connectivity index (χ4v) is 3.21. The first-order valence-corrected chi connectivity index (χ1v) is 8.68. The molecule has 5 nitrogen and oxygen atoms in total. The van der Waals surface area contributed by atoms with Gasteiger partial charge < -0.3 is 5.73 Å². The van der Waals surface area contributed by atoms with Crippen molar-refractivity contribution in [3.8, 4) is 0 Å². The first kappa shape index (κ1) is 17.2. The summed E-state index contributed by atoms with van der Waals surface area (Å²) in [6.07, 6.45) is 0.841. The minimum absolute atomic E-state index is 0.0389. The Morgan fingerprint density at radius 3 is 2.30 bits per heavy atom. The van der Waals surface area contributed by atoms with Gasteiger partial charge in [-0.05, 0) is 41.0 Å². The third-order valence-corrected chi connectivity index (χ3v) is 6.34. The number of hydrogen-bond donors (Lipinski definition) is 1. The van der Waals surface area contributed by atoms with Crippen molar-refractivity contribution in [2.24, 2.45) is 5.73 Å². The maximum atomic E-state index is 12.2. The van der Waals surface area contributed by atoms with Gasteiger partial charge in [-0.3, -0.25) is 4.68 Å². The van der Waals surface area contributed by atoms with Crippen LogP contribution in [-0.2, 0) is 16.4 Å². The van der Waals surface area contributed by atoms with Gasteiger partial charge in [-0.25, -0.2) is 8.42 Å². The third kappa shape index (κ3) is 3.41. The first-order valence-electron chi connectivity index (χ1n) is 7.03. The number of rotatable bonds is 5. The Kier molecular flexibility index (Phi) is 5.03. The molecule has 1 unspecified atom stereocenters. The van der Waals surface area contributed by atoms with Gasteiger partial charge in [0.1, 0.15) is 0 Å². The molecule has 0 fully saturated rings. The summed E-state index contributed by atoms with van der Waals surface area (Å²) >= 11 is 0. The summed E-state index contributed by atoms with van der Waals surface area (Å²) in [7, 11) is -3.13. The van der Waals surface area contributed by atoms with Crippen LogP contribution >= 0.6 is 0 Å². The molecular formula is C14H27N3O2S. The van der Waals surface area contributed by atoms with Crippen LogP contribution in [0.5, 0.6) is 0 Å². The highest BCUT2D eigenvalue weighted by molar-refractivity contribution is 7.92. The van der Waals surface area contributed by atoms with Gasteiger partial charge in [-0.15, -0.1) is 0 Å². The van der Waals surface area contributed by atoms with E-state index in [4.69, 9.17) is 5.73 Å². The van der Waals surface area contributed by atoms with Crippen molar-refractivity contribution >= 4 is 9.84 Å². The largest absolute Gasteiger partial charge is 0.324 e. The summed E-state index contributed by atoms with van der Waals surface area (Å²) in [5.74, 6) is 0.0965. The van der Waals surface area contributed by atoms with Crippen LogP contribution in [0.25, 0.3) is 0 Å². The smallest absolute Gasteiger partial charge is 0.157 e. The van der Waals surface area contributed by atoms with Crippen LogP contribution in [0.4, 0.5) is 0 Å². The van der Waals surface area contributed by atoms with Gasteiger partial charge in [0.05, 0.1) is 22.7 Å². The molecule has 6 heteroatoms. The number of nitrogens with two attached hydrogens (primary N) is 1. The molecule has 0 aliphatic rings. The topological polar surface area (TPSA) is 78.0 Å². The van der Waals surface area contributed by atoms with E-state index >= 15 is 0 Å². The minimum atomic E-state index is -3.13. The molecule has 0 bridgehead atoms. The molecule has 1 rings (SSSR count). The van der Waals surface area contributed by atoms with Gasteiger partial charge in [0.2, 0.25) is 0 Å². The normalized spacial score (nSPS) is 14.6. The summed E-state index contributed by atoms with van der Waals surface area (Å²) < 4.78 is 25.3. The fourth-order valence-electron chi connectivity index (χ4n) is 2.18. The molecule has 0 radical (unpaired) electrons. The number of sulfone groups is 1. The van der Waals surface area contributed by atoms with Crippen LogP contribution in [0.1, 0.15) is 57.1 Å². The van der Waals surface area contributed by atoms with E-state index in [1.54, 1.807) is 25.5 Å². The fraction of sp³-hybridized carbons (Fsp3) is 0.786. The molecule has 0 spiro atoms. The van der Waals surface area contributed by atoms with E-state index in [9.17, 15) is 8.42 Å². The molecule has 1 aromatic heterocycles. The molecule has 116 valence electrons. The van der Waals surface area contributed by atoms with Crippen LogP contribution < -0.4 is 5.73 Å². The van der Waals surface area contributed by atoms with E-state index in [2.05, 4.69) is 5.10 Å². The SMILES string of the molecule is CCC(N)c1c(C)nn(CCS(=O)(=O)C(C)(C)C)c1C.